The summed E-state index contributed by atoms with van der Waals surface area (Å²) in [5.74, 6) is 1.38. The molecule has 1 aliphatic rings. The molecular weight excluding hydrogens is 324 g/mol. The van der Waals surface area contributed by atoms with E-state index in [0.29, 0.717) is 17.3 Å². The predicted octanol–water partition coefficient (Wildman–Crippen LogP) is 1.52. The number of morpholine rings is 1. The van der Waals surface area contributed by atoms with E-state index >= 15 is 0 Å². The predicted molar refractivity (Wildman–Crippen MR) is 98.7 cm³/mol. The molecule has 8 heteroatoms. The molecule has 2 aromatic rings. The molecule has 3 rings (SSSR count). The number of nitrogens with one attached hydrogen (secondary N) is 2. The van der Waals surface area contributed by atoms with Crippen LogP contribution in [0.25, 0.3) is 0 Å². The first-order valence-electron chi connectivity index (χ1n) is 8.23. The first-order valence-corrected chi connectivity index (χ1v) is 9.11. The van der Waals surface area contributed by atoms with E-state index in [1.807, 2.05) is 0 Å². The smallest absolute Gasteiger partial charge is 0.154 e. The summed E-state index contributed by atoms with van der Waals surface area (Å²) in [6, 6.07) is 4.20. The van der Waals surface area contributed by atoms with E-state index in [-0.39, 0.29) is 0 Å². The van der Waals surface area contributed by atoms with Gasteiger partial charge in [-0.2, -0.15) is 0 Å². The molecule has 4 N–H and O–H groups in total. The van der Waals surface area contributed by atoms with Gasteiger partial charge < -0.3 is 21.1 Å². The van der Waals surface area contributed by atoms with E-state index in [1.165, 1.54) is 4.88 Å². The van der Waals surface area contributed by atoms with Crippen molar-refractivity contribution in [2.45, 2.75) is 6.42 Å². The molecule has 3 heterocycles. The van der Waals surface area contributed by atoms with Crippen LogP contribution in [0.4, 0.5) is 17.3 Å². The van der Waals surface area contributed by atoms with E-state index in [4.69, 9.17) is 10.5 Å². The summed E-state index contributed by atoms with van der Waals surface area (Å²) in [4.78, 5) is 12.2. The van der Waals surface area contributed by atoms with Crippen LogP contribution in [0.1, 0.15) is 4.88 Å². The van der Waals surface area contributed by atoms with Crippen LogP contribution < -0.4 is 16.4 Å². The summed E-state index contributed by atoms with van der Waals surface area (Å²) < 4.78 is 5.35. The number of ether oxygens (including phenoxy) is 1. The zero-order chi connectivity index (χ0) is 16.6. The molecule has 7 nitrogen and oxygen atoms in total. The molecule has 1 saturated heterocycles. The summed E-state index contributed by atoms with van der Waals surface area (Å²) >= 11 is 1.76. The molecular formula is C16H24N6OS. The highest BCUT2D eigenvalue weighted by Gasteiger charge is 2.11. The van der Waals surface area contributed by atoms with E-state index in [0.717, 1.165) is 52.4 Å². The Bertz CT molecular complexity index is 615. The third-order valence-corrected chi connectivity index (χ3v) is 4.89. The van der Waals surface area contributed by atoms with Crippen molar-refractivity contribution in [3.63, 3.8) is 0 Å². The zero-order valence-corrected chi connectivity index (χ0v) is 14.5. The van der Waals surface area contributed by atoms with E-state index < -0.39 is 0 Å². The second kappa shape index (κ2) is 8.81. The van der Waals surface area contributed by atoms with Gasteiger partial charge in [-0.15, -0.1) is 11.3 Å². The molecule has 0 spiro atoms. The SMILES string of the molecule is Nc1c(NCCc2cccs2)ncnc1NCCN1CCOCC1. The maximum absolute atomic E-state index is 6.18. The summed E-state index contributed by atoms with van der Waals surface area (Å²) in [7, 11) is 0. The van der Waals surface area contributed by atoms with Crippen LogP contribution in [-0.2, 0) is 11.2 Å². The molecule has 0 radical (unpaired) electrons. The van der Waals surface area contributed by atoms with Crippen LogP contribution in [0.3, 0.4) is 0 Å². The summed E-state index contributed by atoms with van der Waals surface area (Å²) in [5.41, 5.74) is 6.76. The first-order chi connectivity index (χ1) is 11.8. The third-order valence-electron chi connectivity index (χ3n) is 3.95. The van der Waals surface area contributed by atoms with Gasteiger partial charge in [0.2, 0.25) is 0 Å². The Labute approximate surface area is 146 Å². The Morgan fingerprint density at radius 3 is 2.62 bits per heavy atom. The summed E-state index contributed by atoms with van der Waals surface area (Å²) in [6.45, 7) is 6.15. The van der Waals surface area contributed by atoms with E-state index in [2.05, 4.69) is 43.0 Å². The van der Waals surface area contributed by atoms with Crippen molar-refractivity contribution >= 4 is 28.7 Å². The number of nitrogens with zero attached hydrogens (tertiary/aromatic N) is 3. The van der Waals surface area contributed by atoms with Crippen molar-refractivity contribution in [3.05, 3.63) is 28.7 Å². The van der Waals surface area contributed by atoms with Crippen LogP contribution in [0.5, 0.6) is 0 Å². The normalized spacial score (nSPS) is 15.3. The Hall–Kier alpha value is -1.90. The van der Waals surface area contributed by atoms with Crippen LogP contribution in [-0.4, -0.2) is 60.8 Å². The highest BCUT2D eigenvalue weighted by atomic mass is 32.1. The van der Waals surface area contributed by atoms with Gasteiger partial charge in [-0.25, -0.2) is 9.97 Å². The number of nitrogen functional groups attached to an aromatic ring is 1. The standard InChI is InChI=1S/C16H24N6OS/c17-14-15(18-4-3-13-2-1-11-24-13)20-12-21-16(14)19-5-6-22-7-9-23-10-8-22/h1-2,11-12H,3-10,17H2,(H2,18,19,20,21). The highest BCUT2D eigenvalue weighted by Crippen LogP contribution is 2.22. The quantitative estimate of drug-likeness (QED) is 0.666. The van der Waals surface area contributed by atoms with Crippen molar-refractivity contribution < 1.29 is 4.74 Å². The Morgan fingerprint density at radius 1 is 1.17 bits per heavy atom. The van der Waals surface area contributed by atoms with E-state index in [1.54, 1.807) is 17.7 Å². The van der Waals surface area contributed by atoms with Gasteiger partial charge in [0.25, 0.3) is 0 Å². The van der Waals surface area contributed by atoms with Gasteiger partial charge in [-0.3, -0.25) is 4.90 Å². The molecule has 0 bridgehead atoms. The molecule has 2 aromatic heterocycles. The lowest BCUT2D eigenvalue weighted by Crippen LogP contribution is -2.39. The fourth-order valence-corrected chi connectivity index (χ4v) is 3.30. The number of thiophene rings is 1. The molecule has 0 aromatic carbocycles. The fraction of sp³-hybridized carbons (Fsp3) is 0.500. The van der Waals surface area contributed by atoms with Crippen molar-refractivity contribution in [3.8, 4) is 0 Å². The Balaban J connectivity index is 1.47. The van der Waals surface area contributed by atoms with Crippen LogP contribution in [0, 0.1) is 0 Å². The molecule has 0 atom stereocenters. The van der Waals surface area contributed by atoms with Crippen molar-refractivity contribution in [2.75, 3.05) is 62.3 Å². The molecule has 0 amide bonds. The minimum Gasteiger partial charge on any atom is -0.393 e. The van der Waals surface area contributed by atoms with Crippen LogP contribution in [0.15, 0.2) is 23.8 Å². The Morgan fingerprint density at radius 2 is 1.92 bits per heavy atom. The monoisotopic (exact) mass is 348 g/mol. The highest BCUT2D eigenvalue weighted by molar-refractivity contribution is 7.09. The molecule has 1 fully saturated rings. The van der Waals surface area contributed by atoms with Gasteiger partial charge in [0, 0.05) is 37.6 Å². The lowest BCUT2D eigenvalue weighted by Gasteiger charge is -2.26. The summed E-state index contributed by atoms with van der Waals surface area (Å²) in [6.07, 6.45) is 2.50. The minimum absolute atomic E-state index is 0.575. The zero-order valence-electron chi connectivity index (χ0n) is 13.7. The fourth-order valence-electron chi connectivity index (χ4n) is 2.59. The van der Waals surface area contributed by atoms with Gasteiger partial charge in [-0.05, 0) is 17.9 Å². The number of hydrogen-bond acceptors (Lipinski definition) is 8. The number of anilines is 3. The molecule has 24 heavy (non-hydrogen) atoms. The van der Waals surface area contributed by atoms with Gasteiger partial charge in [0.1, 0.15) is 12.0 Å². The molecule has 0 unspecified atom stereocenters. The molecule has 130 valence electrons. The Kier molecular flexibility index (Phi) is 6.22. The second-order valence-corrected chi connectivity index (χ2v) is 6.65. The lowest BCUT2D eigenvalue weighted by atomic mass is 10.3. The number of hydrogen-bond donors (Lipinski definition) is 3. The molecule has 1 aliphatic heterocycles. The van der Waals surface area contributed by atoms with Gasteiger partial charge in [-0.1, -0.05) is 6.07 Å². The summed E-state index contributed by atoms with van der Waals surface area (Å²) in [5, 5.41) is 8.69. The number of rotatable bonds is 8. The average molecular weight is 348 g/mol. The molecule has 0 saturated carbocycles. The van der Waals surface area contributed by atoms with Crippen molar-refractivity contribution in [1.29, 1.82) is 0 Å². The largest absolute Gasteiger partial charge is 0.393 e. The van der Waals surface area contributed by atoms with E-state index in [9.17, 15) is 0 Å². The van der Waals surface area contributed by atoms with Crippen molar-refractivity contribution in [1.82, 2.24) is 14.9 Å². The topological polar surface area (TPSA) is 88.3 Å². The number of nitrogens with two attached hydrogens (primary N) is 1. The van der Waals surface area contributed by atoms with Gasteiger partial charge in [0.05, 0.1) is 13.2 Å². The van der Waals surface area contributed by atoms with Gasteiger partial charge >= 0.3 is 0 Å². The lowest BCUT2D eigenvalue weighted by molar-refractivity contribution is 0.0398. The maximum atomic E-state index is 6.18. The second-order valence-electron chi connectivity index (χ2n) is 5.62. The average Bonchev–Trinajstić information content (AvgIpc) is 3.12. The first kappa shape index (κ1) is 16.9. The minimum atomic E-state index is 0.575. The van der Waals surface area contributed by atoms with Gasteiger partial charge in [0.15, 0.2) is 11.6 Å². The van der Waals surface area contributed by atoms with Crippen LogP contribution in [0.2, 0.25) is 0 Å². The number of aromatic nitrogens is 2. The third kappa shape index (κ3) is 4.80. The maximum Gasteiger partial charge on any atom is 0.154 e. The molecule has 0 aliphatic carbocycles. The van der Waals surface area contributed by atoms with Crippen LogP contribution >= 0.6 is 11.3 Å². The van der Waals surface area contributed by atoms with Crippen molar-refractivity contribution in [2.24, 2.45) is 0 Å².